The summed E-state index contributed by atoms with van der Waals surface area (Å²) in [4.78, 5) is 23.0. The van der Waals surface area contributed by atoms with E-state index < -0.39 is 11.6 Å². The number of benzene rings is 1. The van der Waals surface area contributed by atoms with E-state index in [1.807, 2.05) is 30.3 Å². The van der Waals surface area contributed by atoms with E-state index in [0.717, 1.165) is 11.8 Å². The van der Waals surface area contributed by atoms with Gasteiger partial charge in [0.15, 0.2) is 5.60 Å². The first-order valence-corrected chi connectivity index (χ1v) is 6.31. The van der Waals surface area contributed by atoms with Gasteiger partial charge in [-0.05, 0) is 19.1 Å². The van der Waals surface area contributed by atoms with Crippen molar-refractivity contribution >= 4 is 23.6 Å². The number of amides is 1. The van der Waals surface area contributed by atoms with E-state index in [-0.39, 0.29) is 18.2 Å². The predicted molar refractivity (Wildman–Crippen MR) is 68.4 cm³/mol. The van der Waals surface area contributed by atoms with Gasteiger partial charge in [-0.2, -0.15) is 0 Å². The molecule has 0 fully saturated rings. The quantitative estimate of drug-likeness (QED) is 0.663. The number of carboxylic acids is 1. The molecule has 1 aromatic rings. The highest BCUT2D eigenvalue weighted by molar-refractivity contribution is 8.00. The van der Waals surface area contributed by atoms with Crippen LogP contribution in [0.1, 0.15) is 6.92 Å². The van der Waals surface area contributed by atoms with Gasteiger partial charge in [-0.3, -0.25) is 4.79 Å². The van der Waals surface area contributed by atoms with Gasteiger partial charge in [0.2, 0.25) is 5.91 Å². The molecule has 0 heterocycles. The van der Waals surface area contributed by atoms with Crippen molar-refractivity contribution in [1.29, 1.82) is 0 Å². The summed E-state index contributed by atoms with van der Waals surface area (Å²) in [6, 6.07) is 9.38. The standard InChI is InChI=1S/C12H15NO4S/c1-12(17,11(15)16)8-13-10(14)7-18-9-5-3-2-4-6-9/h2-6,17H,7-8H2,1H3,(H,13,14)(H,15,16). The van der Waals surface area contributed by atoms with E-state index in [4.69, 9.17) is 5.11 Å². The molecule has 0 aromatic heterocycles. The molecule has 6 heteroatoms. The summed E-state index contributed by atoms with van der Waals surface area (Å²) < 4.78 is 0. The molecule has 3 N–H and O–H groups in total. The molecule has 18 heavy (non-hydrogen) atoms. The molecular weight excluding hydrogens is 254 g/mol. The first-order valence-electron chi connectivity index (χ1n) is 5.32. The number of rotatable bonds is 6. The van der Waals surface area contributed by atoms with Crippen molar-refractivity contribution in [3.63, 3.8) is 0 Å². The highest BCUT2D eigenvalue weighted by Gasteiger charge is 2.30. The fraction of sp³-hybridized carbons (Fsp3) is 0.333. The zero-order chi connectivity index (χ0) is 13.6. The first kappa shape index (κ1) is 14.5. The Balaban J connectivity index is 2.33. The Morgan fingerprint density at radius 2 is 1.94 bits per heavy atom. The van der Waals surface area contributed by atoms with Gasteiger partial charge in [-0.15, -0.1) is 11.8 Å². The maximum absolute atomic E-state index is 11.4. The number of carbonyl (C=O) groups excluding carboxylic acids is 1. The second kappa shape index (κ2) is 6.42. The SMILES string of the molecule is CC(O)(CNC(=O)CSc1ccccc1)C(=O)O. The lowest BCUT2D eigenvalue weighted by Gasteiger charge is -2.18. The minimum Gasteiger partial charge on any atom is -0.479 e. The number of nitrogens with one attached hydrogen (secondary N) is 1. The lowest BCUT2D eigenvalue weighted by molar-refractivity contribution is -0.156. The van der Waals surface area contributed by atoms with Crippen molar-refractivity contribution in [3.8, 4) is 0 Å². The summed E-state index contributed by atoms with van der Waals surface area (Å²) in [5.41, 5.74) is -1.94. The molecule has 0 radical (unpaired) electrons. The molecule has 1 aromatic carbocycles. The molecule has 0 bridgehead atoms. The van der Waals surface area contributed by atoms with Crippen LogP contribution in [0.25, 0.3) is 0 Å². The predicted octanol–water partition coefficient (Wildman–Crippen LogP) is 0.731. The van der Waals surface area contributed by atoms with Crippen molar-refractivity contribution in [2.75, 3.05) is 12.3 Å². The third-order valence-corrected chi connectivity index (χ3v) is 3.22. The number of hydrogen-bond acceptors (Lipinski definition) is 4. The van der Waals surface area contributed by atoms with Gasteiger partial charge in [0.05, 0.1) is 12.3 Å². The smallest absolute Gasteiger partial charge is 0.337 e. The summed E-state index contributed by atoms with van der Waals surface area (Å²) >= 11 is 1.35. The maximum Gasteiger partial charge on any atom is 0.337 e. The number of aliphatic carboxylic acids is 1. The van der Waals surface area contributed by atoms with Crippen LogP contribution < -0.4 is 5.32 Å². The largest absolute Gasteiger partial charge is 0.479 e. The van der Waals surface area contributed by atoms with Crippen LogP contribution in [0.3, 0.4) is 0 Å². The Morgan fingerprint density at radius 1 is 1.33 bits per heavy atom. The average molecular weight is 269 g/mol. The summed E-state index contributed by atoms with van der Waals surface area (Å²) in [5, 5.41) is 20.4. The Hall–Kier alpha value is -1.53. The van der Waals surface area contributed by atoms with Crippen molar-refractivity contribution < 1.29 is 19.8 Å². The third kappa shape index (κ3) is 4.77. The van der Waals surface area contributed by atoms with Crippen molar-refractivity contribution in [1.82, 2.24) is 5.32 Å². The van der Waals surface area contributed by atoms with E-state index in [1.165, 1.54) is 11.8 Å². The van der Waals surface area contributed by atoms with Gasteiger partial charge in [0, 0.05) is 4.90 Å². The van der Waals surface area contributed by atoms with E-state index >= 15 is 0 Å². The van der Waals surface area contributed by atoms with Crippen LogP contribution in [-0.4, -0.2) is 40.0 Å². The Morgan fingerprint density at radius 3 is 2.50 bits per heavy atom. The molecule has 1 amide bonds. The Labute approximate surface area is 109 Å². The summed E-state index contributed by atoms with van der Waals surface area (Å²) in [7, 11) is 0. The van der Waals surface area contributed by atoms with Gasteiger partial charge in [-0.25, -0.2) is 4.79 Å². The van der Waals surface area contributed by atoms with Gasteiger partial charge in [-0.1, -0.05) is 18.2 Å². The minimum atomic E-state index is -1.94. The molecule has 5 nitrogen and oxygen atoms in total. The Kier molecular flexibility index (Phi) is 5.18. The Bertz CT molecular complexity index is 419. The van der Waals surface area contributed by atoms with Gasteiger partial charge >= 0.3 is 5.97 Å². The molecule has 1 atom stereocenters. The lowest BCUT2D eigenvalue weighted by atomic mass is 10.1. The number of hydrogen-bond donors (Lipinski definition) is 3. The zero-order valence-corrected chi connectivity index (χ0v) is 10.7. The molecule has 1 rings (SSSR count). The normalized spacial score (nSPS) is 13.7. The lowest BCUT2D eigenvalue weighted by Crippen LogP contribution is -2.46. The zero-order valence-electron chi connectivity index (χ0n) is 9.92. The molecule has 0 saturated heterocycles. The number of thioether (sulfide) groups is 1. The first-order chi connectivity index (χ1) is 8.42. The van der Waals surface area contributed by atoms with Crippen LogP contribution in [0.4, 0.5) is 0 Å². The molecule has 0 aliphatic rings. The molecule has 98 valence electrons. The number of aliphatic hydroxyl groups is 1. The highest BCUT2D eigenvalue weighted by atomic mass is 32.2. The molecule has 0 spiro atoms. The molecule has 0 saturated carbocycles. The van der Waals surface area contributed by atoms with Crippen LogP contribution in [0.5, 0.6) is 0 Å². The third-order valence-electron chi connectivity index (χ3n) is 2.20. The number of carbonyl (C=O) groups is 2. The molecule has 0 aliphatic carbocycles. The monoisotopic (exact) mass is 269 g/mol. The average Bonchev–Trinajstić information content (AvgIpc) is 2.35. The van der Waals surface area contributed by atoms with Crippen molar-refractivity contribution in [2.24, 2.45) is 0 Å². The second-order valence-corrected chi connectivity index (χ2v) is 5.01. The van der Waals surface area contributed by atoms with Crippen LogP contribution in [0.15, 0.2) is 35.2 Å². The van der Waals surface area contributed by atoms with Gasteiger partial charge < -0.3 is 15.5 Å². The molecule has 1 unspecified atom stereocenters. The van der Waals surface area contributed by atoms with Crippen LogP contribution in [0, 0.1) is 0 Å². The molecular formula is C12H15NO4S. The topological polar surface area (TPSA) is 86.6 Å². The van der Waals surface area contributed by atoms with Crippen molar-refractivity contribution in [3.05, 3.63) is 30.3 Å². The van der Waals surface area contributed by atoms with E-state index in [2.05, 4.69) is 5.32 Å². The van der Waals surface area contributed by atoms with E-state index in [1.54, 1.807) is 0 Å². The summed E-state index contributed by atoms with van der Waals surface area (Å²) in [6.45, 7) is 0.830. The maximum atomic E-state index is 11.4. The van der Waals surface area contributed by atoms with E-state index in [0.29, 0.717) is 0 Å². The summed E-state index contributed by atoms with van der Waals surface area (Å²) in [5.74, 6) is -1.50. The number of carboxylic acid groups (broad SMARTS) is 1. The van der Waals surface area contributed by atoms with Crippen LogP contribution in [-0.2, 0) is 9.59 Å². The fourth-order valence-corrected chi connectivity index (χ4v) is 1.81. The van der Waals surface area contributed by atoms with Gasteiger partial charge in [0.1, 0.15) is 0 Å². The molecule has 0 aliphatic heterocycles. The second-order valence-electron chi connectivity index (χ2n) is 3.96. The summed E-state index contributed by atoms with van der Waals surface area (Å²) in [6.07, 6.45) is 0. The van der Waals surface area contributed by atoms with Crippen LogP contribution in [0.2, 0.25) is 0 Å². The fourth-order valence-electron chi connectivity index (χ4n) is 1.06. The van der Waals surface area contributed by atoms with E-state index in [9.17, 15) is 14.7 Å². The van der Waals surface area contributed by atoms with Gasteiger partial charge in [0.25, 0.3) is 0 Å². The highest BCUT2D eigenvalue weighted by Crippen LogP contribution is 2.16. The minimum absolute atomic E-state index is 0.180. The van der Waals surface area contributed by atoms with Crippen molar-refractivity contribution in [2.45, 2.75) is 17.4 Å². The van der Waals surface area contributed by atoms with Crippen LogP contribution >= 0.6 is 11.8 Å².